The van der Waals surface area contributed by atoms with Gasteiger partial charge in [-0.25, -0.2) is 9.18 Å². The van der Waals surface area contributed by atoms with Crippen LogP contribution in [0.15, 0.2) is 24.3 Å². The normalized spacial score (nSPS) is 11.6. The summed E-state index contributed by atoms with van der Waals surface area (Å²) in [6.45, 7) is 5.23. The smallest absolute Gasteiger partial charge is 0.412 e. The lowest BCUT2D eigenvalue weighted by Crippen LogP contribution is -2.27. The van der Waals surface area contributed by atoms with Crippen molar-refractivity contribution < 1.29 is 13.9 Å². The standard InChI is InChI=1S/C14H18FNO2S/c1-14(2,3)18-13(17)16-12-7-6-10(5-4-8-19)9-11(12)15/h4-7,9,19H,8H2,1-3H3,(H,16,17). The van der Waals surface area contributed by atoms with Gasteiger partial charge < -0.3 is 4.74 Å². The third-order valence-corrected chi connectivity index (χ3v) is 2.26. The fraction of sp³-hybridized carbons (Fsp3) is 0.357. The van der Waals surface area contributed by atoms with E-state index in [2.05, 4.69) is 17.9 Å². The zero-order chi connectivity index (χ0) is 14.5. The van der Waals surface area contributed by atoms with E-state index >= 15 is 0 Å². The molecule has 0 aliphatic carbocycles. The molecule has 0 saturated carbocycles. The second-order valence-electron chi connectivity index (χ2n) is 4.95. The first-order chi connectivity index (χ1) is 8.81. The van der Waals surface area contributed by atoms with Crippen LogP contribution in [0.3, 0.4) is 0 Å². The zero-order valence-corrected chi connectivity index (χ0v) is 12.1. The maximum Gasteiger partial charge on any atom is 0.412 e. The molecule has 1 aromatic rings. The Morgan fingerprint density at radius 3 is 2.68 bits per heavy atom. The molecule has 0 atom stereocenters. The third-order valence-electron chi connectivity index (χ3n) is 2.04. The molecule has 0 unspecified atom stereocenters. The molecule has 1 aromatic carbocycles. The van der Waals surface area contributed by atoms with Crippen LogP contribution in [0.2, 0.25) is 0 Å². The molecule has 0 aromatic heterocycles. The maximum absolute atomic E-state index is 13.7. The van der Waals surface area contributed by atoms with Crippen molar-refractivity contribution in [3.05, 3.63) is 35.7 Å². The van der Waals surface area contributed by atoms with Crippen LogP contribution in [0, 0.1) is 5.82 Å². The highest BCUT2D eigenvalue weighted by atomic mass is 32.1. The molecular weight excluding hydrogens is 265 g/mol. The van der Waals surface area contributed by atoms with E-state index in [1.807, 2.05) is 0 Å². The van der Waals surface area contributed by atoms with Crippen molar-refractivity contribution >= 4 is 30.5 Å². The first-order valence-corrected chi connectivity index (χ1v) is 6.52. The van der Waals surface area contributed by atoms with Crippen molar-refractivity contribution in [1.29, 1.82) is 0 Å². The lowest BCUT2D eigenvalue weighted by molar-refractivity contribution is 0.0635. The molecule has 1 N–H and O–H groups in total. The number of rotatable bonds is 3. The Morgan fingerprint density at radius 2 is 2.16 bits per heavy atom. The van der Waals surface area contributed by atoms with E-state index in [4.69, 9.17) is 4.74 Å². The first-order valence-electron chi connectivity index (χ1n) is 5.89. The van der Waals surface area contributed by atoms with E-state index in [1.165, 1.54) is 12.1 Å². The van der Waals surface area contributed by atoms with E-state index < -0.39 is 17.5 Å². The average Bonchev–Trinajstić information content (AvgIpc) is 2.27. The average molecular weight is 283 g/mol. The summed E-state index contributed by atoms with van der Waals surface area (Å²) >= 11 is 4.03. The predicted octanol–water partition coefficient (Wildman–Crippen LogP) is 4.12. The van der Waals surface area contributed by atoms with Gasteiger partial charge in [-0.2, -0.15) is 12.6 Å². The molecule has 0 aliphatic heterocycles. The minimum Gasteiger partial charge on any atom is -0.444 e. The number of hydrogen-bond donors (Lipinski definition) is 2. The molecule has 0 spiro atoms. The predicted molar refractivity (Wildman–Crippen MR) is 79.1 cm³/mol. The number of carbonyl (C=O) groups is 1. The first kappa shape index (κ1) is 15.6. The molecule has 0 radical (unpaired) electrons. The van der Waals surface area contributed by atoms with Crippen molar-refractivity contribution in [2.24, 2.45) is 0 Å². The van der Waals surface area contributed by atoms with E-state index in [1.54, 1.807) is 39.0 Å². The maximum atomic E-state index is 13.7. The topological polar surface area (TPSA) is 38.3 Å². The second kappa shape index (κ2) is 6.61. The monoisotopic (exact) mass is 283 g/mol. The number of nitrogens with one attached hydrogen (secondary N) is 1. The van der Waals surface area contributed by atoms with Crippen LogP contribution in [0.5, 0.6) is 0 Å². The fourth-order valence-corrected chi connectivity index (χ4v) is 1.44. The summed E-state index contributed by atoms with van der Waals surface area (Å²) in [6.07, 6.45) is 2.89. The summed E-state index contributed by atoms with van der Waals surface area (Å²) in [5.74, 6) is 0.0756. The van der Waals surface area contributed by atoms with Gasteiger partial charge in [0.25, 0.3) is 0 Å². The summed E-state index contributed by atoms with van der Waals surface area (Å²) in [5.41, 5.74) is 0.189. The lowest BCUT2D eigenvalue weighted by Gasteiger charge is -2.19. The number of halogens is 1. The van der Waals surface area contributed by atoms with Crippen molar-refractivity contribution in [2.75, 3.05) is 11.1 Å². The van der Waals surface area contributed by atoms with Gasteiger partial charge in [-0.3, -0.25) is 5.32 Å². The van der Waals surface area contributed by atoms with Crippen LogP contribution in [0.25, 0.3) is 6.08 Å². The quantitative estimate of drug-likeness (QED) is 0.819. The zero-order valence-electron chi connectivity index (χ0n) is 11.2. The van der Waals surface area contributed by atoms with Crippen LogP contribution in [0.4, 0.5) is 14.9 Å². The number of hydrogen-bond acceptors (Lipinski definition) is 3. The molecule has 0 fully saturated rings. The number of amides is 1. The molecule has 104 valence electrons. The summed E-state index contributed by atoms with van der Waals surface area (Å²) in [6, 6.07) is 4.54. The molecule has 0 heterocycles. The Morgan fingerprint density at radius 1 is 1.47 bits per heavy atom. The Balaban J connectivity index is 2.75. The number of carbonyl (C=O) groups excluding carboxylic acids is 1. The Labute approximate surface area is 118 Å². The summed E-state index contributed by atoms with van der Waals surface area (Å²) in [4.78, 5) is 11.5. The van der Waals surface area contributed by atoms with E-state index in [0.29, 0.717) is 11.3 Å². The third kappa shape index (κ3) is 5.79. The van der Waals surface area contributed by atoms with Crippen LogP contribution >= 0.6 is 12.6 Å². The van der Waals surface area contributed by atoms with Gasteiger partial charge in [0.1, 0.15) is 11.4 Å². The molecule has 5 heteroatoms. The van der Waals surface area contributed by atoms with Crippen molar-refractivity contribution in [3.8, 4) is 0 Å². The largest absolute Gasteiger partial charge is 0.444 e. The number of ether oxygens (including phenoxy) is 1. The van der Waals surface area contributed by atoms with Crippen LogP contribution < -0.4 is 5.32 Å². The fourth-order valence-electron chi connectivity index (χ4n) is 1.34. The highest BCUT2D eigenvalue weighted by Crippen LogP contribution is 2.18. The summed E-state index contributed by atoms with van der Waals surface area (Å²) in [5, 5.41) is 2.37. The molecule has 3 nitrogen and oxygen atoms in total. The number of anilines is 1. The molecule has 1 amide bonds. The molecule has 0 bridgehead atoms. The second-order valence-corrected chi connectivity index (χ2v) is 5.32. The van der Waals surface area contributed by atoms with Gasteiger partial charge in [0.15, 0.2) is 0 Å². The van der Waals surface area contributed by atoms with Gasteiger partial charge in [-0.05, 0) is 38.5 Å². The Hall–Kier alpha value is -1.49. The van der Waals surface area contributed by atoms with Gasteiger partial charge in [-0.15, -0.1) is 0 Å². The number of benzene rings is 1. The number of thiol groups is 1. The minimum atomic E-state index is -0.676. The van der Waals surface area contributed by atoms with Crippen molar-refractivity contribution in [2.45, 2.75) is 26.4 Å². The van der Waals surface area contributed by atoms with Gasteiger partial charge >= 0.3 is 6.09 Å². The molecule has 19 heavy (non-hydrogen) atoms. The summed E-state index contributed by atoms with van der Waals surface area (Å²) in [7, 11) is 0. The highest BCUT2D eigenvalue weighted by Gasteiger charge is 2.17. The van der Waals surface area contributed by atoms with Crippen LogP contribution in [0.1, 0.15) is 26.3 Å². The SMILES string of the molecule is CC(C)(C)OC(=O)Nc1ccc(C=CCS)cc1F. The van der Waals surface area contributed by atoms with Gasteiger partial charge in [0, 0.05) is 5.75 Å². The van der Waals surface area contributed by atoms with Gasteiger partial charge in [0.2, 0.25) is 0 Å². The van der Waals surface area contributed by atoms with E-state index in [0.717, 1.165) is 0 Å². The Bertz CT molecular complexity index is 481. The van der Waals surface area contributed by atoms with Crippen molar-refractivity contribution in [3.63, 3.8) is 0 Å². The lowest BCUT2D eigenvalue weighted by atomic mass is 10.2. The van der Waals surface area contributed by atoms with Crippen LogP contribution in [-0.4, -0.2) is 17.4 Å². The van der Waals surface area contributed by atoms with E-state index in [-0.39, 0.29) is 5.69 Å². The minimum absolute atomic E-state index is 0.0947. The van der Waals surface area contributed by atoms with E-state index in [9.17, 15) is 9.18 Å². The van der Waals surface area contributed by atoms with Gasteiger partial charge in [0.05, 0.1) is 5.69 Å². The van der Waals surface area contributed by atoms with Crippen molar-refractivity contribution in [1.82, 2.24) is 0 Å². The molecule has 0 saturated heterocycles. The summed E-state index contributed by atoms with van der Waals surface area (Å²) < 4.78 is 18.8. The molecule has 0 aliphatic rings. The highest BCUT2D eigenvalue weighted by molar-refractivity contribution is 7.80. The Kier molecular flexibility index (Phi) is 5.42. The molecular formula is C14H18FNO2S. The molecule has 1 rings (SSSR count). The van der Waals surface area contributed by atoms with Gasteiger partial charge in [-0.1, -0.05) is 18.2 Å². The van der Waals surface area contributed by atoms with Crippen LogP contribution in [-0.2, 0) is 4.74 Å².